The van der Waals surface area contributed by atoms with Gasteiger partial charge in [0.05, 0.1) is 15.5 Å². The monoisotopic (exact) mass is 586 g/mol. The Kier molecular flexibility index (Phi) is 10.2. The second-order valence-corrected chi connectivity index (χ2v) is 11.5. The normalized spacial score (nSPS) is 12.7. The molecule has 0 bridgehead atoms. The number of hydrogen-bond acceptors (Lipinski definition) is 6. The summed E-state index contributed by atoms with van der Waals surface area (Å²) in [6, 6.07) is 18.2. The zero-order valence-electron chi connectivity index (χ0n) is 22.4. The summed E-state index contributed by atoms with van der Waals surface area (Å²) in [5, 5.41) is 14.4. The minimum absolute atomic E-state index is 0.0485. The third-order valence-electron chi connectivity index (χ3n) is 6.43. The second kappa shape index (κ2) is 13.4. The van der Waals surface area contributed by atoms with E-state index < -0.39 is 39.3 Å². The molecule has 10 nitrogen and oxygen atoms in total. The summed E-state index contributed by atoms with van der Waals surface area (Å²) in [6.45, 7) is 4.61. The molecule has 1 N–H and O–H groups in total. The maximum absolute atomic E-state index is 13.9. The topological polar surface area (TPSA) is 130 Å². The molecular weight excluding hydrogens is 556 g/mol. The maximum atomic E-state index is 13.9. The third kappa shape index (κ3) is 7.36. The Morgan fingerprint density at radius 1 is 0.975 bits per heavy atom. The lowest BCUT2D eigenvalue weighted by Gasteiger charge is -2.32. The van der Waals surface area contributed by atoms with Gasteiger partial charge in [0.25, 0.3) is 15.7 Å². The van der Waals surface area contributed by atoms with Gasteiger partial charge in [0.15, 0.2) is 0 Å². The van der Waals surface area contributed by atoms with Crippen molar-refractivity contribution in [2.75, 3.05) is 10.8 Å². The summed E-state index contributed by atoms with van der Waals surface area (Å²) in [7, 11) is -4.28. The molecule has 0 spiro atoms. The van der Waals surface area contributed by atoms with Crippen LogP contribution in [0.15, 0.2) is 83.8 Å². The summed E-state index contributed by atoms with van der Waals surface area (Å²) in [5.74, 6) is -1.06. The highest BCUT2D eigenvalue weighted by atomic mass is 35.5. The number of carbonyl (C=O) groups excluding carboxylic acids is 2. The number of benzene rings is 3. The largest absolute Gasteiger partial charge is 0.352 e. The van der Waals surface area contributed by atoms with Crippen molar-refractivity contribution in [2.24, 2.45) is 0 Å². The SMILES string of the molecule is CC[C@@H](C)NC(=O)[C@H](C)N(Cc1ccccc1Cl)C(=O)CN(c1ccc([N+](=O)[O-])cc1)S(=O)(=O)c1ccccc1. The molecule has 212 valence electrons. The van der Waals surface area contributed by atoms with E-state index in [0.717, 1.165) is 16.4 Å². The number of nitrogens with one attached hydrogen (secondary N) is 1. The number of carbonyl (C=O) groups is 2. The fourth-order valence-corrected chi connectivity index (χ4v) is 5.48. The van der Waals surface area contributed by atoms with Crippen LogP contribution < -0.4 is 9.62 Å². The zero-order chi connectivity index (χ0) is 29.4. The van der Waals surface area contributed by atoms with Crippen LogP contribution in [0.1, 0.15) is 32.8 Å². The standard InChI is InChI=1S/C28H31ClN4O6S/c1-4-20(2)30-28(35)21(3)31(18-22-10-8-9-13-26(22)29)27(34)19-32(23-14-16-24(17-15-23)33(36)37)40(38,39)25-11-6-5-7-12-25/h5-17,20-21H,4,18-19H2,1-3H3,(H,30,35)/t20-,21+/m1/s1. The van der Waals surface area contributed by atoms with Crippen molar-refractivity contribution in [1.29, 1.82) is 0 Å². The fraction of sp³-hybridized carbons (Fsp3) is 0.286. The number of sulfonamides is 1. The Morgan fingerprint density at radius 2 is 1.57 bits per heavy atom. The number of halogens is 1. The Labute approximate surface area is 238 Å². The molecule has 0 heterocycles. The average Bonchev–Trinajstić information content (AvgIpc) is 2.95. The van der Waals surface area contributed by atoms with Crippen molar-refractivity contribution in [3.05, 3.63) is 99.6 Å². The van der Waals surface area contributed by atoms with E-state index in [2.05, 4.69) is 5.32 Å². The van der Waals surface area contributed by atoms with E-state index in [1.165, 1.54) is 29.2 Å². The molecule has 0 aliphatic rings. The molecule has 3 aromatic carbocycles. The van der Waals surface area contributed by atoms with Gasteiger partial charge in [-0.3, -0.25) is 24.0 Å². The molecule has 12 heteroatoms. The Hall–Kier alpha value is -3.96. The lowest BCUT2D eigenvalue weighted by molar-refractivity contribution is -0.384. The van der Waals surface area contributed by atoms with Gasteiger partial charge in [-0.1, -0.05) is 54.9 Å². The van der Waals surface area contributed by atoms with Crippen LogP contribution in [0.4, 0.5) is 11.4 Å². The van der Waals surface area contributed by atoms with Crippen LogP contribution in [0.2, 0.25) is 5.02 Å². The predicted molar refractivity (Wildman–Crippen MR) is 153 cm³/mol. The highest BCUT2D eigenvalue weighted by Gasteiger charge is 2.33. The summed E-state index contributed by atoms with van der Waals surface area (Å²) in [5.41, 5.74) is 0.397. The number of nitrogens with zero attached hydrogens (tertiary/aromatic N) is 3. The minimum atomic E-state index is -4.28. The summed E-state index contributed by atoms with van der Waals surface area (Å²) < 4.78 is 28.3. The van der Waals surface area contributed by atoms with Gasteiger partial charge in [-0.15, -0.1) is 0 Å². The van der Waals surface area contributed by atoms with Gasteiger partial charge >= 0.3 is 0 Å². The molecule has 0 aliphatic carbocycles. The number of anilines is 1. The van der Waals surface area contributed by atoms with Crippen molar-refractivity contribution in [1.82, 2.24) is 10.2 Å². The van der Waals surface area contributed by atoms with Crippen LogP contribution in [0.3, 0.4) is 0 Å². The maximum Gasteiger partial charge on any atom is 0.269 e. The fourth-order valence-electron chi connectivity index (χ4n) is 3.85. The minimum Gasteiger partial charge on any atom is -0.352 e. The molecule has 2 atom stereocenters. The van der Waals surface area contributed by atoms with E-state index in [1.54, 1.807) is 49.4 Å². The molecule has 0 saturated heterocycles. The van der Waals surface area contributed by atoms with Gasteiger partial charge < -0.3 is 10.2 Å². The van der Waals surface area contributed by atoms with Crippen molar-refractivity contribution < 1.29 is 22.9 Å². The zero-order valence-corrected chi connectivity index (χ0v) is 23.9. The van der Waals surface area contributed by atoms with Gasteiger partial charge in [0.1, 0.15) is 12.6 Å². The molecule has 0 radical (unpaired) electrons. The van der Waals surface area contributed by atoms with Gasteiger partial charge in [-0.25, -0.2) is 8.42 Å². The van der Waals surface area contributed by atoms with Crippen LogP contribution in [-0.2, 0) is 26.2 Å². The first-order chi connectivity index (χ1) is 18.9. The quantitative estimate of drug-likeness (QED) is 0.240. The molecule has 3 aromatic rings. The van der Waals surface area contributed by atoms with Crippen molar-refractivity contribution in [3.63, 3.8) is 0 Å². The Morgan fingerprint density at radius 3 is 2.15 bits per heavy atom. The van der Waals surface area contributed by atoms with Gasteiger partial charge in [0.2, 0.25) is 11.8 Å². The molecule has 3 rings (SSSR count). The highest BCUT2D eigenvalue weighted by molar-refractivity contribution is 7.92. The molecule has 40 heavy (non-hydrogen) atoms. The van der Waals surface area contributed by atoms with Crippen molar-refractivity contribution in [3.8, 4) is 0 Å². The average molecular weight is 587 g/mol. The van der Waals surface area contributed by atoms with Crippen LogP contribution in [0, 0.1) is 10.1 Å². The van der Waals surface area contributed by atoms with E-state index in [9.17, 15) is 28.1 Å². The Bertz CT molecular complexity index is 1450. The molecule has 0 saturated carbocycles. The predicted octanol–water partition coefficient (Wildman–Crippen LogP) is 4.78. The second-order valence-electron chi connectivity index (χ2n) is 9.21. The van der Waals surface area contributed by atoms with E-state index >= 15 is 0 Å². The van der Waals surface area contributed by atoms with E-state index in [1.807, 2.05) is 13.8 Å². The lowest BCUT2D eigenvalue weighted by atomic mass is 10.1. The van der Waals surface area contributed by atoms with Crippen molar-refractivity contribution in [2.45, 2.75) is 50.7 Å². The van der Waals surface area contributed by atoms with Crippen LogP contribution >= 0.6 is 11.6 Å². The van der Waals surface area contributed by atoms with Crippen LogP contribution in [-0.4, -0.2) is 48.7 Å². The first-order valence-electron chi connectivity index (χ1n) is 12.6. The molecule has 2 amide bonds. The summed E-state index contributed by atoms with van der Waals surface area (Å²) >= 11 is 6.36. The lowest BCUT2D eigenvalue weighted by Crippen LogP contribution is -2.52. The van der Waals surface area contributed by atoms with Crippen molar-refractivity contribution >= 4 is 44.8 Å². The number of non-ortho nitro benzene ring substituents is 1. The van der Waals surface area contributed by atoms with Crippen LogP contribution in [0.5, 0.6) is 0 Å². The Balaban J connectivity index is 2.04. The first-order valence-corrected chi connectivity index (χ1v) is 14.4. The van der Waals surface area contributed by atoms with E-state index in [4.69, 9.17) is 11.6 Å². The number of rotatable bonds is 12. The molecular formula is C28H31ClN4O6S. The van der Waals surface area contributed by atoms with E-state index in [-0.39, 0.29) is 28.9 Å². The number of nitro groups is 1. The van der Waals surface area contributed by atoms with Crippen LogP contribution in [0.25, 0.3) is 0 Å². The summed E-state index contributed by atoms with van der Waals surface area (Å²) in [6.07, 6.45) is 0.681. The van der Waals surface area contributed by atoms with Gasteiger partial charge in [-0.2, -0.15) is 0 Å². The number of hydrogen-bond donors (Lipinski definition) is 1. The summed E-state index contributed by atoms with van der Waals surface area (Å²) in [4.78, 5) is 38.7. The van der Waals surface area contributed by atoms with Gasteiger partial charge in [0, 0.05) is 29.7 Å². The molecule has 0 aromatic heterocycles. The molecule has 0 fully saturated rings. The smallest absolute Gasteiger partial charge is 0.269 e. The number of nitro benzene ring substituents is 1. The third-order valence-corrected chi connectivity index (χ3v) is 8.58. The highest BCUT2D eigenvalue weighted by Crippen LogP contribution is 2.27. The van der Waals surface area contributed by atoms with Gasteiger partial charge in [-0.05, 0) is 56.2 Å². The first kappa shape index (κ1) is 30.6. The number of amides is 2. The molecule has 0 unspecified atom stereocenters. The molecule has 0 aliphatic heterocycles. The van der Waals surface area contributed by atoms with E-state index in [0.29, 0.717) is 17.0 Å².